The molecule has 1 fully saturated rings. The number of esters is 1. The fourth-order valence-electron chi connectivity index (χ4n) is 3.12. The molecule has 0 radical (unpaired) electrons. The van der Waals surface area contributed by atoms with Crippen LogP contribution in [0.4, 0.5) is 5.69 Å². The number of nitrogens with one attached hydrogen (secondary N) is 2. The van der Waals surface area contributed by atoms with Gasteiger partial charge < -0.3 is 14.8 Å². The fourth-order valence-corrected chi connectivity index (χ4v) is 3.62. The number of ether oxygens (including phenoxy) is 2. The van der Waals surface area contributed by atoms with Gasteiger partial charge in [-0.2, -0.15) is 0 Å². The molecule has 0 aliphatic carbocycles. The van der Waals surface area contributed by atoms with Gasteiger partial charge in [0.25, 0.3) is 11.8 Å². The van der Waals surface area contributed by atoms with Crippen LogP contribution in [0.1, 0.15) is 23.7 Å². The number of nitrogens with zero attached hydrogens (tertiary/aromatic N) is 1. The van der Waals surface area contributed by atoms with Gasteiger partial charge in [0, 0.05) is 11.4 Å². The lowest BCUT2D eigenvalue weighted by molar-refractivity contribution is -0.151. The standard InChI is InChI=1S/C22H21Cl2N3O6/c1-2-32-18-6-4-3-5-17(18)25-19(28)12-33-22(31)13-9-20(29)27(11-13)26-21(30)15-8-7-14(23)10-16(15)24/h3-8,10,13H,2,9,11-12H2,1H3,(H,25,28)(H,26,30)/t13-/m1/s1. The summed E-state index contributed by atoms with van der Waals surface area (Å²) < 4.78 is 10.5. The van der Waals surface area contributed by atoms with Crippen LogP contribution >= 0.6 is 23.2 Å². The lowest BCUT2D eigenvalue weighted by Crippen LogP contribution is -2.43. The molecule has 0 bridgehead atoms. The molecule has 0 saturated carbocycles. The van der Waals surface area contributed by atoms with E-state index in [2.05, 4.69) is 10.7 Å². The Labute approximate surface area is 199 Å². The quantitative estimate of drug-likeness (QED) is 0.546. The van der Waals surface area contributed by atoms with E-state index >= 15 is 0 Å². The average molecular weight is 494 g/mol. The van der Waals surface area contributed by atoms with Gasteiger partial charge in [-0.15, -0.1) is 0 Å². The minimum absolute atomic E-state index is 0.0938. The molecule has 1 aliphatic heterocycles. The molecule has 0 unspecified atom stereocenters. The number of amides is 3. The third-order valence-corrected chi connectivity index (χ3v) is 5.22. The smallest absolute Gasteiger partial charge is 0.311 e. The Morgan fingerprint density at radius 2 is 1.91 bits per heavy atom. The van der Waals surface area contributed by atoms with Crippen LogP contribution in [0.2, 0.25) is 10.0 Å². The summed E-state index contributed by atoms with van der Waals surface area (Å²) in [6, 6.07) is 11.2. The maximum Gasteiger partial charge on any atom is 0.311 e. The molecule has 2 aromatic carbocycles. The molecule has 174 valence electrons. The highest BCUT2D eigenvalue weighted by atomic mass is 35.5. The Morgan fingerprint density at radius 3 is 2.64 bits per heavy atom. The summed E-state index contributed by atoms with van der Waals surface area (Å²) in [5, 5.41) is 4.13. The lowest BCUT2D eigenvalue weighted by atomic mass is 10.1. The predicted molar refractivity (Wildman–Crippen MR) is 121 cm³/mol. The van der Waals surface area contributed by atoms with Crippen molar-refractivity contribution in [3.05, 3.63) is 58.1 Å². The van der Waals surface area contributed by atoms with Crippen molar-refractivity contribution in [1.29, 1.82) is 0 Å². The van der Waals surface area contributed by atoms with Gasteiger partial charge >= 0.3 is 5.97 Å². The van der Waals surface area contributed by atoms with Gasteiger partial charge in [0.1, 0.15) is 5.75 Å². The number of anilines is 1. The van der Waals surface area contributed by atoms with Gasteiger partial charge in [-0.3, -0.25) is 29.6 Å². The number of carbonyl (C=O) groups is 4. The van der Waals surface area contributed by atoms with Crippen molar-refractivity contribution in [2.75, 3.05) is 25.1 Å². The Bertz CT molecular complexity index is 1080. The lowest BCUT2D eigenvalue weighted by Gasteiger charge is -2.18. The van der Waals surface area contributed by atoms with Crippen molar-refractivity contribution >= 4 is 52.6 Å². The summed E-state index contributed by atoms with van der Waals surface area (Å²) in [7, 11) is 0. The number of benzene rings is 2. The molecule has 1 aliphatic rings. The van der Waals surface area contributed by atoms with Crippen molar-refractivity contribution in [2.24, 2.45) is 5.92 Å². The third kappa shape index (κ3) is 6.36. The van der Waals surface area contributed by atoms with Crippen molar-refractivity contribution in [2.45, 2.75) is 13.3 Å². The summed E-state index contributed by atoms with van der Waals surface area (Å²) in [6.45, 7) is 1.62. The van der Waals surface area contributed by atoms with Crippen LogP contribution in [0.15, 0.2) is 42.5 Å². The molecular formula is C22H21Cl2N3O6. The van der Waals surface area contributed by atoms with E-state index in [1.165, 1.54) is 18.2 Å². The van der Waals surface area contributed by atoms with Gasteiger partial charge in [0.05, 0.1) is 35.3 Å². The second kappa shape index (κ2) is 11.0. The van der Waals surface area contributed by atoms with E-state index in [0.29, 0.717) is 23.1 Å². The highest BCUT2D eigenvalue weighted by molar-refractivity contribution is 6.36. The molecule has 1 atom stereocenters. The first-order valence-electron chi connectivity index (χ1n) is 10.0. The van der Waals surface area contributed by atoms with Crippen molar-refractivity contribution < 1.29 is 28.7 Å². The maximum atomic E-state index is 12.4. The SMILES string of the molecule is CCOc1ccccc1NC(=O)COC(=O)[C@@H]1CC(=O)N(NC(=O)c2ccc(Cl)cc2Cl)C1. The van der Waals surface area contributed by atoms with E-state index in [1.54, 1.807) is 24.3 Å². The second-order valence-electron chi connectivity index (χ2n) is 7.06. The molecule has 2 aromatic rings. The molecule has 3 rings (SSSR count). The summed E-state index contributed by atoms with van der Waals surface area (Å²) in [6.07, 6.45) is -0.164. The predicted octanol–water partition coefficient (Wildman–Crippen LogP) is 3.07. The summed E-state index contributed by atoms with van der Waals surface area (Å²) >= 11 is 11.8. The number of carbonyl (C=O) groups excluding carboxylic acids is 4. The Hall–Kier alpha value is -3.30. The van der Waals surface area contributed by atoms with Crippen LogP contribution in [0.25, 0.3) is 0 Å². The first kappa shape index (κ1) is 24.3. The number of hydrogen-bond donors (Lipinski definition) is 2. The largest absolute Gasteiger partial charge is 0.492 e. The zero-order valence-corrected chi connectivity index (χ0v) is 19.1. The van der Waals surface area contributed by atoms with E-state index in [4.69, 9.17) is 32.7 Å². The number of rotatable bonds is 8. The minimum atomic E-state index is -0.831. The van der Waals surface area contributed by atoms with Crippen LogP contribution in [0.3, 0.4) is 0 Å². The van der Waals surface area contributed by atoms with E-state index in [0.717, 1.165) is 5.01 Å². The van der Waals surface area contributed by atoms with Gasteiger partial charge in [0.2, 0.25) is 5.91 Å². The first-order valence-corrected chi connectivity index (χ1v) is 10.8. The van der Waals surface area contributed by atoms with Crippen LogP contribution < -0.4 is 15.5 Å². The third-order valence-electron chi connectivity index (χ3n) is 4.68. The van der Waals surface area contributed by atoms with Gasteiger partial charge in [-0.1, -0.05) is 35.3 Å². The molecule has 33 heavy (non-hydrogen) atoms. The number of hydrogen-bond acceptors (Lipinski definition) is 6. The highest BCUT2D eigenvalue weighted by Gasteiger charge is 2.37. The van der Waals surface area contributed by atoms with Crippen LogP contribution in [0.5, 0.6) is 5.75 Å². The van der Waals surface area contributed by atoms with E-state index in [1.807, 2.05) is 6.92 Å². The van der Waals surface area contributed by atoms with Crippen LogP contribution in [-0.2, 0) is 19.1 Å². The fraction of sp³-hybridized carbons (Fsp3) is 0.273. The molecule has 1 saturated heterocycles. The van der Waals surface area contributed by atoms with Crippen molar-refractivity contribution in [3.8, 4) is 5.75 Å². The first-order chi connectivity index (χ1) is 15.8. The Morgan fingerprint density at radius 1 is 1.15 bits per heavy atom. The van der Waals surface area contributed by atoms with Crippen molar-refractivity contribution in [3.63, 3.8) is 0 Å². The van der Waals surface area contributed by atoms with Gasteiger partial charge in [-0.25, -0.2) is 0 Å². The second-order valence-corrected chi connectivity index (χ2v) is 7.90. The Balaban J connectivity index is 1.51. The summed E-state index contributed by atoms with van der Waals surface area (Å²) in [5.74, 6) is -2.70. The van der Waals surface area contributed by atoms with E-state index in [-0.39, 0.29) is 23.6 Å². The van der Waals surface area contributed by atoms with Crippen molar-refractivity contribution in [1.82, 2.24) is 10.4 Å². The molecule has 11 heteroatoms. The maximum absolute atomic E-state index is 12.4. The molecule has 1 heterocycles. The van der Waals surface area contributed by atoms with Crippen LogP contribution in [-0.4, -0.2) is 48.5 Å². The molecule has 0 spiro atoms. The minimum Gasteiger partial charge on any atom is -0.492 e. The Kier molecular flexibility index (Phi) is 8.13. The molecule has 2 N–H and O–H groups in total. The van der Waals surface area contributed by atoms with Gasteiger partial charge in [-0.05, 0) is 37.3 Å². The number of halogens is 2. The number of hydrazine groups is 1. The zero-order chi connectivity index (χ0) is 24.0. The zero-order valence-electron chi connectivity index (χ0n) is 17.6. The van der Waals surface area contributed by atoms with Crippen LogP contribution in [0, 0.1) is 5.92 Å². The summed E-state index contributed by atoms with van der Waals surface area (Å²) in [5.41, 5.74) is 3.00. The van der Waals surface area contributed by atoms with Gasteiger partial charge in [0.15, 0.2) is 6.61 Å². The highest BCUT2D eigenvalue weighted by Crippen LogP contribution is 2.24. The normalized spacial score (nSPS) is 15.2. The van der Waals surface area contributed by atoms with E-state index in [9.17, 15) is 19.2 Å². The molecule has 3 amide bonds. The molecule has 9 nitrogen and oxygen atoms in total. The monoisotopic (exact) mass is 493 g/mol. The number of para-hydroxylation sites is 2. The molecule has 0 aromatic heterocycles. The topological polar surface area (TPSA) is 114 Å². The summed E-state index contributed by atoms with van der Waals surface area (Å²) in [4.78, 5) is 49.2. The molecular weight excluding hydrogens is 473 g/mol. The van der Waals surface area contributed by atoms with E-state index < -0.39 is 36.2 Å². The average Bonchev–Trinajstić information content (AvgIpc) is 3.13.